The molecular formula is C114H78N8O2Pt. The predicted octanol–water partition coefficient (Wildman–Crippen LogP) is 30.0. The molecule has 125 heavy (non-hydrogen) atoms. The van der Waals surface area contributed by atoms with Crippen LogP contribution in [0.4, 0.5) is 34.1 Å². The second-order valence-corrected chi connectivity index (χ2v) is 30.8. The van der Waals surface area contributed by atoms with E-state index in [0.717, 1.165) is 202 Å². The molecule has 0 bridgehead atoms. The summed E-state index contributed by atoms with van der Waals surface area (Å²) in [5.41, 5.74) is 32.1. The van der Waals surface area contributed by atoms with Crippen molar-refractivity contribution >= 4 is 78.1 Å². The van der Waals surface area contributed by atoms with Gasteiger partial charge in [0.2, 0.25) is 0 Å². The van der Waals surface area contributed by atoms with Crippen LogP contribution in [0, 0.1) is 12.1 Å². The van der Waals surface area contributed by atoms with Gasteiger partial charge in [0.25, 0.3) is 0 Å². The van der Waals surface area contributed by atoms with Gasteiger partial charge in [-0.2, -0.15) is 0 Å². The Balaban J connectivity index is 0.000000157. The van der Waals surface area contributed by atoms with Crippen molar-refractivity contribution in [3.63, 3.8) is 0 Å². The molecule has 0 unspecified atom stereocenters. The minimum atomic E-state index is 0. The summed E-state index contributed by atoms with van der Waals surface area (Å²) >= 11 is 0. The molecular weight excluding hydrogens is 1710 g/mol. The molecule has 596 valence electrons. The molecule has 22 aromatic rings. The molecule has 22 rings (SSSR count). The molecule has 0 N–H and O–H groups in total. The van der Waals surface area contributed by atoms with E-state index in [1.807, 2.05) is 60.9 Å². The molecule has 0 aliphatic carbocycles. The number of fused-ring (bicyclic) bond motifs is 4. The summed E-state index contributed by atoms with van der Waals surface area (Å²) in [5.74, 6) is 3.32. The molecule has 0 atom stereocenters. The Bertz CT molecular complexity index is 7170. The van der Waals surface area contributed by atoms with Gasteiger partial charge in [0, 0.05) is 82.0 Å². The summed E-state index contributed by atoms with van der Waals surface area (Å²) in [4.78, 5) is 24.9. The normalized spacial score (nSPS) is 11.2. The third-order valence-corrected chi connectivity index (χ3v) is 23.1. The zero-order valence-corrected chi connectivity index (χ0v) is 70.6. The Morgan fingerprint density at radius 1 is 0.264 bits per heavy atom. The molecule has 0 radical (unpaired) electrons. The second-order valence-electron chi connectivity index (χ2n) is 30.8. The van der Waals surface area contributed by atoms with Crippen LogP contribution in [-0.2, 0) is 35.2 Å². The van der Waals surface area contributed by atoms with Crippen LogP contribution in [0.2, 0.25) is 0 Å². The molecule has 0 saturated heterocycles. The number of hydrogen-bond acceptors (Lipinski definition) is 8. The average molecular weight is 1790 g/mol. The smallest absolute Gasteiger partial charge is 0.457 e. The van der Waals surface area contributed by atoms with E-state index in [0.29, 0.717) is 0 Å². The summed E-state index contributed by atoms with van der Waals surface area (Å²) in [7, 11) is 4.15. The van der Waals surface area contributed by atoms with E-state index in [-0.39, 0.29) is 21.1 Å². The fourth-order valence-electron chi connectivity index (χ4n) is 17.0. The van der Waals surface area contributed by atoms with Crippen molar-refractivity contribution in [3.8, 4) is 135 Å². The van der Waals surface area contributed by atoms with Gasteiger partial charge in [0.05, 0.1) is 45.0 Å². The number of nitrogens with zero attached hydrogens (tertiary/aromatic N) is 8. The quantitative estimate of drug-likeness (QED) is 0.0785. The molecule has 0 spiro atoms. The van der Waals surface area contributed by atoms with Gasteiger partial charge < -0.3 is 32.8 Å². The largest absolute Gasteiger partial charge is 2.00 e. The Kier molecular flexibility index (Phi) is 21.3. The minimum absolute atomic E-state index is 0. The van der Waals surface area contributed by atoms with Gasteiger partial charge in [-0.25, -0.2) is 4.98 Å². The van der Waals surface area contributed by atoms with Crippen LogP contribution in [0.15, 0.2) is 446 Å². The van der Waals surface area contributed by atoms with Crippen molar-refractivity contribution in [2.75, 3.05) is 9.80 Å². The number of rotatable bonds is 18. The van der Waals surface area contributed by atoms with Crippen molar-refractivity contribution < 1.29 is 29.9 Å². The monoisotopic (exact) mass is 1790 g/mol. The summed E-state index contributed by atoms with van der Waals surface area (Å²) in [6, 6.07) is 156. The SMILES string of the molecule is Cn1c(-c2[c-]c(N(c3[c-]c(-c4nccc5oc(-c6ccc(-c7ccccc7)cc6)cc45)cc(-c4ccccc4)c3)c3ccccc3-c3ccccc3)ccc2)nc2ccccc21.Cn1c(-c2cccc(N(c3cc(-c4ccccc4)cc(-c4nccc5oc(-c6ccc(-c7ccccc7)cc6)cc45)c3)c3ccccc3-c3ccccc3)c2)nc2ccccc21.[Pt+2]. The van der Waals surface area contributed by atoms with Crippen molar-refractivity contribution in [2.45, 2.75) is 0 Å². The summed E-state index contributed by atoms with van der Waals surface area (Å²) in [6.07, 6.45) is 3.67. The first-order valence-electron chi connectivity index (χ1n) is 41.6. The third-order valence-electron chi connectivity index (χ3n) is 23.1. The van der Waals surface area contributed by atoms with Gasteiger partial charge in [0.1, 0.15) is 28.5 Å². The zero-order valence-electron chi connectivity index (χ0n) is 68.3. The minimum Gasteiger partial charge on any atom is -0.457 e. The van der Waals surface area contributed by atoms with E-state index in [4.69, 9.17) is 28.8 Å². The van der Waals surface area contributed by atoms with E-state index in [1.54, 1.807) is 0 Å². The van der Waals surface area contributed by atoms with E-state index in [2.05, 4.69) is 421 Å². The maximum Gasteiger partial charge on any atom is 2.00 e. The van der Waals surface area contributed by atoms with Gasteiger partial charge >= 0.3 is 21.1 Å². The number of pyridine rings is 2. The number of benzene rings is 16. The number of anilines is 6. The number of aromatic nitrogens is 6. The Labute approximate surface area is 739 Å². The topological polar surface area (TPSA) is 94.2 Å². The molecule has 0 aliphatic rings. The molecule has 0 saturated carbocycles. The molecule has 6 heterocycles. The van der Waals surface area contributed by atoms with Crippen molar-refractivity contribution in [3.05, 3.63) is 449 Å². The van der Waals surface area contributed by atoms with Crippen molar-refractivity contribution in [1.82, 2.24) is 29.1 Å². The van der Waals surface area contributed by atoms with Gasteiger partial charge in [-0.1, -0.05) is 309 Å². The first-order chi connectivity index (χ1) is 61.3. The molecule has 0 amide bonds. The maximum atomic E-state index is 6.59. The Morgan fingerprint density at radius 3 is 1.19 bits per heavy atom. The van der Waals surface area contributed by atoms with Crippen LogP contribution in [0.1, 0.15) is 0 Å². The molecule has 6 aromatic heterocycles. The Hall–Kier alpha value is -15.9. The number of furan rings is 2. The third kappa shape index (κ3) is 15.5. The first kappa shape index (κ1) is 77.7. The van der Waals surface area contributed by atoms with E-state index < -0.39 is 0 Å². The summed E-state index contributed by atoms with van der Waals surface area (Å²) < 4.78 is 17.5. The first-order valence-corrected chi connectivity index (χ1v) is 41.6. The van der Waals surface area contributed by atoms with Crippen LogP contribution >= 0.6 is 0 Å². The predicted molar refractivity (Wildman–Crippen MR) is 509 cm³/mol. The van der Waals surface area contributed by atoms with Gasteiger partial charge in [-0.15, -0.1) is 53.6 Å². The van der Waals surface area contributed by atoms with E-state index >= 15 is 0 Å². The summed E-state index contributed by atoms with van der Waals surface area (Å²) in [6.45, 7) is 0. The van der Waals surface area contributed by atoms with Crippen LogP contribution in [0.3, 0.4) is 0 Å². The maximum absolute atomic E-state index is 6.59. The number of para-hydroxylation sites is 6. The van der Waals surface area contributed by atoms with Gasteiger partial charge in [0.15, 0.2) is 0 Å². The molecule has 11 heteroatoms. The second kappa shape index (κ2) is 34.3. The number of hydrogen-bond donors (Lipinski definition) is 0. The molecule has 0 aliphatic heterocycles. The van der Waals surface area contributed by atoms with Crippen molar-refractivity contribution in [1.29, 1.82) is 0 Å². The Morgan fingerprint density at radius 2 is 0.656 bits per heavy atom. The molecule has 16 aromatic carbocycles. The fraction of sp³-hybridized carbons (Fsp3) is 0.0175. The van der Waals surface area contributed by atoms with Gasteiger partial charge in [-0.05, 0) is 158 Å². The fourth-order valence-corrected chi connectivity index (χ4v) is 17.0. The number of aryl methyl sites for hydroxylation is 2. The standard InChI is InChI=1S/C57H40N4O.C57H38N4O.Pt/c2*1-60-53-27-14-12-25-51(53)59-57(60)44-22-15-23-47(35-44)61(52-26-13-11-24-49(52)42-20-9-4-10-21-42)48-36-45(40-18-7-3-8-19-40)34-46(37-48)56-50-38-55(62-54(50)32-33-58-56)43-30-28-41(29-31-43)39-16-5-2-6-17-39;/h2-38H,1H3;2-34,36,38H,1H3;/q;-2;+2. The van der Waals surface area contributed by atoms with Crippen LogP contribution in [0.5, 0.6) is 0 Å². The molecule has 0 fully saturated rings. The molecule has 10 nitrogen and oxygen atoms in total. The van der Waals surface area contributed by atoms with Crippen molar-refractivity contribution in [2.24, 2.45) is 14.1 Å². The van der Waals surface area contributed by atoms with E-state index in [9.17, 15) is 0 Å². The summed E-state index contributed by atoms with van der Waals surface area (Å²) in [5, 5.41) is 1.86. The van der Waals surface area contributed by atoms with Gasteiger partial charge in [-0.3, -0.25) is 9.97 Å². The number of imidazole rings is 2. The van der Waals surface area contributed by atoms with Crippen LogP contribution in [-0.4, -0.2) is 29.1 Å². The zero-order chi connectivity index (χ0) is 82.8. The van der Waals surface area contributed by atoms with E-state index in [1.165, 1.54) is 11.1 Å². The average Bonchev–Trinajstić information content (AvgIpc) is 1.72. The van der Waals surface area contributed by atoms with Crippen LogP contribution in [0.25, 0.3) is 179 Å². The van der Waals surface area contributed by atoms with Crippen LogP contribution < -0.4 is 9.80 Å².